The van der Waals surface area contributed by atoms with E-state index >= 15 is 0 Å². The number of rotatable bonds is 4. The molecule has 19 heavy (non-hydrogen) atoms. The van der Waals surface area contributed by atoms with Crippen LogP contribution < -0.4 is 4.74 Å². The van der Waals surface area contributed by atoms with Gasteiger partial charge in [0.2, 0.25) is 0 Å². The van der Waals surface area contributed by atoms with Gasteiger partial charge in [-0.2, -0.15) is 0 Å². The number of aromatic carboxylic acids is 1. The lowest BCUT2D eigenvalue weighted by molar-refractivity contribution is 0.0683. The van der Waals surface area contributed by atoms with Crippen LogP contribution in [0.5, 0.6) is 5.75 Å². The minimum atomic E-state index is -0.970. The first kappa shape index (κ1) is 13.2. The second-order valence-electron chi connectivity index (χ2n) is 5.13. The van der Waals surface area contributed by atoms with Gasteiger partial charge < -0.3 is 14.7 Å². The van der Waals surface area contributed by atoms with Gasteiger partial charge in [-0.05, 0) is 25.7 Å². The van der Waals surface area contributed by atoms with E-state index in [0.29, 0.717) is 10.1 Å². The minimum Gasteiger partial charge on any atom is -0.488 e. The fourth-order valence-electron chi connectivity index (χ4n) is 2.56. The topological polar surface area (TPSA) is 49.8 Å². The Morgan fingerprint density at radius 1 is 1.37 bits per heavy atom. The molecule has 0 aromatic carbocycles. The number of nitrogens with zero attached hydrogens (tertiary/aromatic N) is 1. The quantitative estimate of drug-likeness (QED) is 0.928. The molecular weight excluding hydrogens is 286 g/mol. The van der Waals surface area contributed by atoms with E-state index in [0.717, 1.165) is 43.3 Å². The summed E-state index contributed by atoms with van der Waals surface area (Å²) in [6, 6.07) is 2.41. The van der Waals surface area contributed by atoms with Crippen molar-refractivity contribution in [1.82, 2.24) is 4.90 Å². The van der Waals surface area contributed by atoms with Crippen molar-refractivity contribution in [3.05, 3.63) is 15.3 Å². The molecule has 104 valence electrons. The standard InChI is InChI=1S/C13H16ClNO3S/c14-11-7-10(12(19-11)13(16)17)18-9-3-5-15(6-4-9)8-1-2-8/h7-9H,1-6H2,(H,16,17). The molecule has 1 aliphatic heterocycles. The van der Waals surface area contributed by atoms with Crippen LogP contribution in [0.3, 0.4) is 0 Å². The number of hydrogen-bond acceptors (Lipinski definition) is 4. The average Bonchev–Trinajstić information content (AvgIpc) is 3.15. The summed E-state index contributed by atoms with van der Waals surface area (Å²) < 4.78 is 6.30. The Morgan fingerprint density at radius 2 is 2.05 bits per heavy atom. The van der Waals surface area contributed by atoms with Crippen LogP contribution in [0.25, 0.3) is 0 Å². The van der Waals surface area contributed by atoms with Crippen molar-refractivity contribution < 1.29 is 14.6 Å². The molecule has 1 N–H and O–H groups in total. The van der Waals surface area contributed by atoms with Crippen molar-refractivity contribution in [2.45, 2.75) is 37.8 Å². The third-order valence-electron chi connectivity index (χ3n) is 3.70. The maximum absolute atomic E-state index is 11.1. The molecule has 3 rings (SSSR count). The number of thiophene rings is 1. The smallest absolute Gasteiger partial charge is 0.349 e. The summed E-state index contributed by atoms with van der Waals surface area (Å²) in [5.41, 5.74) is 0. The molecule has 1 aromatic rings. The molecule has 1 aromatic heterocycles. The molecule has 2 fully saturated rings. The first-order valence-electron chi connectivity index (χ1n) is 6.57. The molecule has 0 unspecified atom stereocenters. The molecule has 0 bridgehead atoms. The summed E-state index contributed by atoms with van der Waals surface area (Å²) in [5.74, 6) is -0.547. The Labute approximate surface area is 120 Å². The lowest BCUT2D eigenvalue weighted by Gasteiger charge is -2.32. The third kappa shape index (κ3) is 3.04. The summed E-state index contributed by atoms with van der Waals surface area (Å²) in [5, 5.41) is 9.10. The lowest BCUT2D eigenvalue weighted by Crippen LogP contribution is -2.39. The Bertz CT molecular complexity index is 478. The second-order valence-corrected chi connectivity index (χ2v) is 6.82. The zero-order valence-electron chi connectivity index (χ0n) is 10.5. The molecule has 0 radical (unpaired) electrons. The maximum Gasteiger partial charge on any atom is 0.349 e. The molecule has 1 saturated heterocycles. The number of carbonyl (C=O) groups is 1. The largest absolute Gasteiger partial charge is 0.488 e. The highest BCUT2D eigenvalue weighted by Crippen LogP contribution is 2.35. The van der Waals surface area contributed by atoms with Gasteiger partial charge in [0.05, 0.1) is 4.34 Å². The van der Waals surface area contributed by atoms with Crippen LogP contribution >= 0.6 is 22.9 Å². The molecule has 1 saturated carbocycles. The molecule has 0 amide bonds. The van der Waals surface area contributed by atoms with Gasteiger partial charge in [0.1, 0.15) is 11.9 Å². The van der Waals surface area contributed by atoms with Crippen LogP contribution in [0, 0.1) is 0 Å². The highest BCUT2D eigenvalue weighted by Gasteiger charge is 2.32. The third-order valence-corrected chi connectivity index (χ3v) is 4.93. The van der Waals surface area contributed by atoms with Gasteiger partial charge in [-0.15, -0.1) is 11.3 Å². The normalized spacial score (nSPS) is 21.5. The average molecular weight is 302 g/mol. The van der Waals surface area contributed by atoms with Crippen molar-refractivity contribution in [1.29, 1.82) is 0 Å². The molecule has 0 spiro atoms. The van der Waals surface area contributed by atoms with Gasteiger partial charge >= 0.3 is 5.97 Å². The highest BCUT2D eigenvalue weighted by molar-refractivity contribution is 7.18. The van der Waals surface area contributed by atoms with E-state index in [1.54, 1.807) is 6.07 Å². The zero-order chi connectivity index (χ0) is 13.4. The Morgan fingerprint density at radius 3 is 2.63 bits per heavy atom. The number of piperidine rings is 1. The van der Waals surface area contributed by atoms with Gasteiger partial charge in [0.15, 0.2) is 4.88 Å². The van der Waals surface area contributed by atoms with E-state index in [2.05, 4.69) is 4.90 Å². The predicted octanol–water partition coefficient (Wildman–Crippen LogP) is 3.11. The van der Waals surface area contributed by atoms with Crippen molar-refractivity contribution in [3.63, 3.8) is 0 Å². The van der Waals surface area contributed by atoms with Gasteiger partial charge in [-0.1, -0.05) is 11.6 Å². The summed E-state index contributed by atoms with van der Waals surface area (Å²) in [7, 11) is 0. The summed E-state index contributed by atoms with van der Waals surface area (Å²) >= 11 is 6.92. The molecule has 1 aliphatic carbocycles. The molecule has 4 nitrogen and oxygen atoms in total. The number of carboxylic acid groups (broad SMARTS) is 1. The van der Waals surface area contributed by atoms with E-state index in [4.69, 9.17) is 21.4 Å². The van der Waals surface area contributed by atoms with Crippen molar-refractivity contribution in [3.8, 4) is 5.75 Å². The van der Waals surface area contributed by atoms with E-state index in [9.17, 15) is 4.79 Å². The summed E-state index contributed by atoms with van der Waals surface area (Å²) in [6.45, 7) is 2.10. The predicted molar refractivity (Wildman–Crippen MR) is 74.5 cm³/mol. The van der Waals surface area contributed by atoms with Crippen molar-refractivity contribution in [2.24, 2.45) is 0 Å². The highest BCUT2D eigenvalue weighted by atomic mass is 35.5. The molecule has 6 heteroatoms. The van der Waals surface area contributed by atoms with E-state index in [1.807, 2.05) is 0 Å². The van der Waals surface area contributed by atoms with Crippen LogP contribution in [0.2, 0.25) is 4.34 Å². The molecule has 2 heterocycles. The summed E-state index contributed by atoms with van der Waals surface area (Å²) in [6.07, 6.45) is 4.69. The number of likely N-dealkylation sites (tertiary alicyclic amines) is 1. The van der Waals surface area contributed by atoms with E-state index < -0.39 is 5.97 Å². The van der Waals surface area contributed by atoms with Crippen LogP contribution in [-0.2, 0) is 0 Å². The first-order valence-corrected chi connectivity index (χ1v) is 7.76. The molecule has 2 aliphatic rings. The monoisotopic (exact) mass is 301 g/mol. The Kier molecular flexibility index (Phi) is 3.69. The number of hydrogen-bond donors (Lipinski definition) is 1. The fraction of sp³-hybridized carbons (Fsp3) is 0.615. The van der Waals surface area contributed by atoms with Crippen molar-refractivity contribution >= 4 is 28.9 Å². The Hall–Kier alpha value is -0.780. The first-order chi connectivity index (χ1) is 9.13. The zero-order valence-corrected chi connectivity index (χ0v) is 12.0. The number of ether oxygens (including phenoxy) is 1. The number of carboxylic acids is 1. The lowest BCUT2D eigenvalue weighted by atomic mass is 10.1. The van der Waals surface area contributed by atoms with Crippen LogP contribution in [0.15, 0.2) is 6.07 Å². The van der Waals surface area contributed by atoms with Gasteiger partial charge in [0, 0.05) is 25.2 Å². The number of halogens is 1. The van der Waals surface area contributed by atoms with Crippen molar-refractivity contribution in [2.75, 3.05) is 13.1 Å². The van der Waals surface area contributed by atoms with Gasteiger partial charge in [-0.3, -0.25) is 0 Å². The van der Waals surface area contributed by atoms with E-state index in [-0.39, 0.29) is 11.0 Å². The van der Waals surface area contributed by atoms with Gasteiger partial charge in [0.25, 0.3) is 0 Å². The molecule has 0 atom stereocenters. The van der Waals surface area contributed by atoms with Crippen LogP contribution in [0.4, 0.5) is 0 Å². The van der Waals surface area contributed by atoms with Gasteiger partial charge in [-0.25, -0.2) is 4.79 Å². The maximum atomic E-state index is 11.1. The fourth-order valence-corrected chi connectivity index (χ4v) is 3.55. The Balaban J connectivity index is 1.61. The van der Waals surface area contributed by atoms with Crippen LogP contribution in [-0.4, -0.2) is 41.2 Å². The molecular formula is C13H16ClNO3S. The van der Waals surface area contributed by atoms with E-state index in [1.165, 1.54) is 12.8 Å². The SMILES string of the molecule is O=C(O)c1sc(Cl)cc1OC1CCN(C2CC2)CC1. The minimum absolute atomic E-state index is 0.110. The second kappa shape index (κ2) is 5.31. The summed E-state index contributed by atoms with van der Waals surface area (Å²) in [4.78, 5) is 13.8. The van der Waals surface area contributed by atoms with Crippen LogP contribution in [0.1, 0.15) is 35.4 Å².